The van der Waals surface area contributed by atoms with Crippen LogP contribution in [0.25, 0.3) is 0 Å². The highest BCUT2D eigenvalue weighted by molar-refractivity contribution is 7.12. The molecule has 0 unspecified atom stereocenters. The topological polar surface area (TPSA) is 72.9 Å². The molecule has 0 radical (unpaired) electrons. The van der Waals surface area contributed by atoms with E-state index in [1.54, 1.807) is 19.2 Å². The molecule has 0 fully saturated rings. The van der Waals surface area contributed by atoms with Crippen molar-refractivity contribution in [1.82, 2.24) is 4.90 Å². The predicted octanol–water partition coefficient (Wildman–Crippen LogP) is 1.48. The zero-order chi connectivity index (χ0) is 15.8. The van der Waals surface area contributed by atoms with Crippen LogP contribution in [0, 0.1) is 0 Å². The molecule has 0 aromatic carbocycles. The molecule has 7 heteroatoms. The van der Waals surface area contributed by atoms with Crippen LogP contribution < -0.4 is 0 Å². The van der Waals surface area contributed by atoms with E-state index in [2.05, 4.69) is 9.47 Å². The Kier molecular flexibility index (Phi) is 6.61. The Morgan fingerprint density at radius 3 is 2.52 bits per heavy atom. The molecule has 0 aliphatic carbocycles. The van der Waals surface area contributed by atoms with Crippen molar-refractivity contribution >= 4 is 29.1 Å². The van der Waals surface area contributed by atoms with Gasteiger partial charge < -0.3 is 14.4 Å². The van der Waals surface area contributed by atoms with Crippen molar-refractivity contribution in [1.29, 1.82) is 0 Å². The number of methoxy groups -OCH3 is 2. The lowest BCUT2D eigenvalue weighted by atomic mass is 10.2. The van der Waals surface area contributed by atoms with Crippen molar-refractivity contribution in [3.8, 4) is 0 Å². The largest absolute Gasteiger partial charge is 0.466 e. The molecule has 0 spiro atoms. The maximum atomic E-state index is 11.9. The van der Waals surface area contributed by atoms with Crippen LogP contribution in [0.15, 0.2) is 29.3 Å². The molecule has 0 saturated heterocycles. The van der Waals surface area contributed by atoms with Gasteiger partial charge in [-0.05, 0) is 11.4 Å². The van der Waals surface area contributed by atoms with Gasteiger partial charge in [-0.15, -0.1) is 11.3 Å². The molecule has 1 rings (SSSR count). The van der Waals surface area contributed by atoms with E-state index < -0.39 is 11.9 Å². The van der Waals surface area contributed by atoms with E-state index in [9.17, 15) is 14.4 Å². The summed E-state index contributed by atoms with van der Waals surface area (Å²) in [6.45, 7) is 0.286. The first-order valence-electron chi connectivity index (χ1n) is 6.15. The maximum Gasteiger partial charge on any atom is 0.354 e. The number of nitrogens with zero attached hydrogens (tertiary/aromatic N) is 1. The average Bonchev–Trinajstić information content (AvgIpc) is 3.03. The number of hydrogen-bond donors (Lipinski definition) is 0. The molecule has 21 heavy (non-hydrogen) atoms. The Hall–Kier alpha value is -2.15. The first-order chi connectivity index (χ1) is 9.99. The smallest absolute Gasteiger partial charge is 0.354 e. The third-order valence-electron chi connectivity index (χ3n) is 2.73. The van der Waals surface area contributed by atoms with Crippen molar-refractivity contribution in [2.45, 2.75) is 6.42 Å². The molecular formula is C14H17NO5S. The summed E-state index contributed by atoms with van der Waals surface area (Å²) in [4.78, 5) is 37.0. The Bertz CT molecular complexity index is 536. The summed E-state index contributed by atoms with van der Waals surface area (Å²) < 4.78 is 9.11. The lowest BCUT2D eigenvalue weighted by Crippen LogP contribution is -2.27. The van der Waals surface area contributed by atoms with E-state index in [1.807, 2.05) is 5.38 Å². The monoisotopic (exact) mass is 311 g/mol. The second-order valence-corrected chi connectivity index (χ2v) is 5.06. The van der Waals surface area contributed by atoms with Gasteiger partial charge in [-0.25, -0.2) is 9.59 Å². The number of rotatable bonds is 7. The van der Waals surface area contributed by atoms with Gasteiger partial charge in [-0.3, -0.25) is 4.79 Å². The number of Topliss-reactive ketones (excluding diaryl/α,β-unsaturated/α-hetero) is 1. The third-order valence-corrected chi connectivity index (χ3v) is 3.64. The van der Waals surface area contributed by atoms with Crippen LogP contribution in [-0.4, -0.2) is 50.4 Å². The van der Waals surface area contributed by atoms with Crippen molar-refractivity contribution < 1.29 is 23.9 Å². The molecule has 0 bridgehead atoms. The third kappa shape index (κ3) is 5.03. The number of thiophene rings is 1. The first-order valence-corrected chi connectivity index (χ1v) is 7.03. The van der Waals surface area contributed by atoms with Crippen molar-refractivity contribution in [2.75, 3.05) is 27.8 Å². The van der Waals surface area contributed by atoms with Gasteiger partial charge in [0.1, 0.15) is 5.70 Å². The molecule has 1 aromatic heterocycles. The molecule has 0 saturated carbocycles. The van der Waals surface area contributed by atoms with Crippen LogP contribution in [0.5, 0.6) is 0 Å². The first kappa shape index (κ1) is 16.9. The summed E-state index contributed by atoms with van der Waals surface area (Å²) in [5.41, 5.74) is 0.0447. The lowest BCUT2D eigenvalue weighted by molar-refractivity contribution is -0.139. The summed E-state index contributed by atoms with van der Waals surface area (Å²) in [5, 5.41) is 1.83. The summed E-state index contributed by atoms with van der Waals surface area (Å²) >= 11 is 1.37. The minimum atomic E-state index is -0.661. The Morgan fingerprint density at radius 2 is 2.00 bits per heavy atom. The average molecular weight is 311 g/mol. The lowest BCUT2D eigenvalue weighted by Gasteiger charge is -2.20. The van der Waals surface area contributed by atoms with Crippen molar-refractivity contribution in [2.24, 2.45) is 0 Å². The van der Waals surface area contributed by atoms with Gasteiger partial charge in [-0.2, -0.15) is 0 Å². The Morgan fingerprint density at radius 1 is 1.29 bits per heavy atom. The van der Waals surface area contributed by atoms with Crippen LogP contribution >= 0.6 is 11.3 Å². The normalized spacial score (nSPS) is 10.9. The van der Waals surface area contributed by atoms with Gasteiger partial charge in [0.25, 0.3) is 0 Å². The van der Waals surface area contributed by atoms with Crippen LogP contribution in [0.1, 0.15) is 16.1 Å². The molecule has 114 valence electrons. The van der Waals surface area contributed by atoms with Gasteiger partial charge in [0.05, 0.1) is 25.2 Å². The summed E-state index contributed by atoms with van der Waals surface area (Å²) in [5.74, 6) is -1.34. The van der Waals surface area contributed by atoms with Crippen molar-refractivity contribution in [3.05, 3.63) is 34.2 Å². The summed E-state index contributed by atoms with van der Waals surface area (Å²) in [7, 11) is 4.04. The van der Waals surface area contributed by atoms with Gasteiger partial charge in [0, 0.05) is 20.0 Å². The molecule has 0 N–H and O–H groups in total. The SMILES string of the molecule is COC(=O)/C=C(/C(=O)OC)N(C)CCC(=O)c1cccs1. The van der Waals surface area contributed by atoms with Gasteiger partial charge in [0.2, 0.25) is 0 Å². The summed E-state index contributed by atoms with van der Waals surface area (Å²) in [6, 6.07) is 3.55. The molecular weight excluding hydrogens is 294 g/mol. The number of ketones is 1. The van der Waals surface area contributed by atoms with Crippen molar-refractivity contribution in [3.63, 3.8) is 0 Å². The standard InChI is InChI=1S/C14H17NO5S/c1-15(7-6-11(16)12-5-4-8-21-12)10(14(18)20-3)9-13(17)19-2/h4-5,8-9H,6-7H2,1-3H3/b10-9-. The number of carbonyl (C=O) groups is 3. The fourth-order valence-electron chi connectivity index (χ4n) is 1.55. The highest BCUT2D eigenvalue weighted by atomic mass is 32.1. The fraction of sp³-hybridized carbons (Fsp3) is 0.357. The quantitative estimate of drug-likeness (QED) is 0.431. The number of carbonyl (C=O) groups excluding carboxylic acids is 3. The number of likely N-dealkylation sites (N-methyl/N-ethyl adjacent to an activating group) is 1. The molecule has 6 nitrogen and oxygen atoms in total. The van der Waals surface area contributed by atoms with Crippen LogP contribution in [-0.2, 0) is 19.1 Å². The van der Waals surface area contributed by atoms with Gasteiger partial charge in [0.15, 0.2) is 5.78 Å². The van der Waals surface area contributed by atoms with Gasteiger partial charge >= 0.3 is 11.9 Å². The molecule has 0 amide bonds. The van der Waals surface area contributed by atoms with Crippen LogP contribution in [0.3, 0.4) is 0 Å². The van der Waals surface area contributed by atoms with E-state index in [4.69, 9.17) is 0 Å². The fourth-order valence-corrected chi connectivity index (χ4v) is 2.24. The molecule has 0 atom stereocenters. The van der Waals surface area contributed by atoms with E-state index in [-0.39, 0.29) is 24.4 Å². The van der Waals surface area contributed by atoms with E-state index in [1.165, 1.54) is 30.5 Å². The zero-order valence-corrected chi connectivity index (χ0v) is 12.9. The second kappa shape index (κ2) is 8.21. The number of hydrogen-bond acceptors (Lipinski definition) is 7. The Labute approximate surface area is 127 Å². The van der Waals surface area contributed by atoms with E-state index in [0.29, 0.717) is 4.88 Å². The highest BCUT2D eigenvalue weighted by Gasteiger charge is 2.18. The zero-order valence-electron chi connectivity index (χ0n) is 12.1. The van der Waals surface area contributed by atoms with E-state index >= 15 is 0 Å². The summed E-state index contributed by atoms with van der Waals surface area (Å²) in [6.07, 6.45) is 1.27. The van der Waals surface area contributed by atoms with E-state index in [0.717, 1.165) is 6.08 Å². The molecule has 0 aliphatic heterocycles. The van der Waals surface area contributed by atoms with Gasteiger partial charge in [-0.1, -0.05) is 6.07 Å². The minimum Gasteiger partial charge on any atom is -0.466 e. The van der Waals surface area contributed by atoms with Crippen LogP contribution in [0.2, 0.25) is 0 Å². The predicted molar refractivity (Wildman–Crippen MR) is 78.0 cm³/mol. The molecule has 0 aliphatic rings. The number of esters is 2. The second-order valence-electron chi connectivity index (χ2n) is 4.12. The van der Waals surface area contributed by atoms with Crippen LogP contribution in [0.4, 0.5) is 0 Å². The number of ether oxygens (including phenoxy) is 2. The molecule has 1 heterocycles. The molecule has 1 aromatic rings. The Balaban J connectivity index is 2.71. The maximum absolute atomic E-state index is 11.9. The minimum absolute atomic E-state index is 0.0147. The highest BCUT2D eigenvalue weighted by Crippen LogP contribution is 2.13.